The number of benzene rings is 2. The van der Waals surface area contributed by atoms with E-state index in [2.05, 4.69) is 5.32 Å². The molecular formula is C43H67NO18. The van der Waals surface area contributed by atoms with E-state index >= 15 is 0 Å². The third-order valence-corrected chi connectivity index (χ3v) is 7.77. The van der Waals surface area contributed by atoms with E-state index in [1.807, 2.05) is 30.3 Å². The van der Waals surface area contributed by atoms with E-state index < -0.39 is 11.9 Å². The van der Waals surface area contributed by atoms with Gasteiger partial charge in [-0.15, -0.1) is 0 Å². The Kier molecular flexibility index (Phi) is 36.1. The highest BCUT2D eigenvalue weighted by molar-refractivity contribution is 5.89. The number of hydrogen-bond acceptors (Lipinski definition) is 17. The zero-order chi connectivity index (χ0) is 44.2. The molecule has 2 aromatic rings. The molecule has 0 spiro atoms. The number of esters is 1. The molecule has 0 bridgehead atoms. The Morgan fingerprint density at radius 1 is 0.452 bits per heavy atom. The summed E-state index contributed by atoms with van der Waals surface area (Å²) in [6, 6.07) is 15.9. The smallest absolute Gasteiger partial charge is 0.338 e. The number of carboxylic acid groups (broad SMARTS) is 1. The van der Waals surface area contributed by atoms with Gasteiger partial charge in [0.1, 0.15) is 12.4 Å². The predicted molar refractivity (Wildman–Crippen MR) is 223 cm³/mol. The maximum atomic E-state index is 12.4. The second kappa shape index (κ2) is 41.2. The van der Waals surface area contributed by atoms with Crippen molar-refractivity contribution in [1.29, 1.82) is 0 Å². The summed E-state index contributed by atoms with van der Waals surface area (Å²) >= 11 is 0. The summed E-state index contributed by atoms with van der Waals surface area (Å²) in [5.74, 6) is -1.28. The van der Waals surface area contributed by atoms with Crippen molar-refractivity contribution in [2.45, 2.75) is 13.0 Å². The van der Waals surface area contributed by atoms with Gasteiger partial charge < -0.3 is 76.7 Å². The van der Waals surface area contributed by atoms with Gasteiger partial charge in [-0.3, -0.25) is 9.59 Å². The molecule has 352 valence electrons. The highest BCUT2D eigenvalue weighted by Crippen LogP contribution is 2.15. The molecule has 0 aliphatic rings. The topological polar surface area (TPSA) is 213 Å². The molecule has 0 aromatic heterocycles. The monoisotopic (exact) mass is 885 g/mol. The normalized spacial score (nSPS) is 11.2. The van der Waals surface area contributed by atoms with Crippen molar-refractivity contribution in [1.82, 2.24) is 5.32 Å². The molecule has 19 heteroatoms. The van der Waals surface area contributed by atoms with E-state index in [0.717, 1.165) is 5.56 Å². The quantitative estimate of drug-likeness (QED) is 0.0721. The second-order valence-corrected chi connectivity index (χ2v) is 12.7. The van der Waals surface area contributed by atoms with Crippen molar-refractivity contribution in [2.75, 3.05) is 172 Å². The Balaban J connectivity index is 1.20. The Morgan fingerprint density at radius 3 is 1.24 bits per heavy atom. The lowest BCUT2D eigenvalue weighted by Crippen LogP contribution is -2.32. The molecule has 2 rings (SSSR count). The van der Waals surface area contributed by atoms with Crippen LogP contribution in [-0.4, -0.2) is 195 Å². The van der Waals surface area contributed by atoms with Crippen LogP contribution in [0.3, 0.4) is 0 Å². The third-order valence-electron chi connectivity index (χ3n) is 7.77. The Hall–Kier alpha value is -3.83. The molecule has 2 N–H and O–H groups in total. The highest BCUT2D eigenvalue weighted by atomic mass is 16.6. The van der Waals surface area contributed by atoms with Crippen LogP contribution in [0.4, 0.5) is 0 Å². The van der Waals surface area contributed by atoms with E-state index in [1.165, 1.54) is 0 Å². The molecule has 2 aromatic carbocycles. The number of carbonyl (C=O) groups is 3. The van der Waals surface area contributed by atoms with E-state index in [4.69, 9.17) is 71.4 Å². The first kappa shape index (κ1) is 54.3. The molecule has 0 heterocycles. The van der Waals surface area contributed by atoms with Crippen molar-refractivity contribution in [3.63, 3.8) is 0 Å². The molecule has 0 atom stereocenters. The van der Waals surface area contributed by atoms with Crippen LogP contribution in [0.25, 0.3) is 0 Å². The number of aliphatic carboxylic acids is 1. The maximum Gasteiger partial charge on any atom is 0.338 e. The van der Waals surface area contributed by atoms with E-state index in [-0.39, 0.29) is 32.1 Å². The molecule has 1 amide bonds. The molecule has 0 aliphatic heterocycles. The number of amides is 1. The van der Waals surface area contributed by atoms with Gasteiger partial charge in [0.15, 0.2) is 6.61 Å². The average molecular weight is 886 g/mol. The number of nitrogens with one attached hydrogen (secondary N) is 1. The highest BCUT2D eigenvalue weighted by Gasteiger charge is 2.10. The van der Waals surface area contributed by atoms with Crippen molar-refractivity contribution in [2.24, 2.45) is 0 Å². The third kappa shape index (κ3) is 34.7. The van der Waals surface area contributed by atoms with Gasteiger partial charge in [0.2, 0.25) is 0 Å². The SMILES string of the molecule is O=C(O)CCOCCOCCOCCOCCOCCOCCOCCOCCOCCOCCOCCOCCNC(=O)COc1cccc(C(=O)OCc2ccccc2)c1. The van der Waals surface area contributed by atoms with Gasteiger partial charge >= 0.3 is 11.9 Å². The lowest BCUT2D eigenvalue weighted by atomic mass is 10.2. The minimum absolute atomic E-state index is 0.0114. The molecule has 0 radical (unpaired) electrons. The van der Waals surface area contributed by atoms with Crippen LogP contribution in [0.15, 0.2) is 54.6 Å². The van der Waals surface area contributed by atoms with Crippen molar-refractivity contribution < 1.29 is 85.8 Å². The fourth-order valence-corrected chi connectivity index (χ4v) is 4.66. The van der Waals surface area contributed by atoms with Crippen LogP contribution in [-0.2, 0) is 77.8 Å². The lowest BCUT2D eigenvalue weighted by Gasteiger charge is -2.10. The largest absolute Gasteiger partial charge is 0.484 e. The number of rotatable bonds is 45. The number of hydrogen-bond donors (Lipinski definition) is 2. The number of carboxylic acids is 1. The summed E-state index contributed by atoms with van der Waals surface area (Å²) in [4.78, 5) is 34.9. The fourth-order valence-electron chi connectivity index (χ4n) is 4.66. The van der Waals surface area contributed by atoms with Crippen molar-refractivity contribution in [3.05, 3.63) is 65.7 Å². The van der Waals surface area contributed by atoms with Crippen LogP contribution >= 0.6 is 0 Å². The first-order chi connectivity index (χ1) is 30.5. The first-order valence-electron chi connectivity index (χ1n) is 20.9. The summed E-state index contributed by atoms with van der Waals surface area (Å²) in [5, 5.41) is 11.2. The zero-order valence-corrected chi connectivity index (χ0v) is 35.9. The van der Waals surface area contributed by atoms with Crippen LogP contribution in [0, 0.1) is 0 Å². The fraction of sp³-hybridized carbons (Fsp3) is 0.651. The van der Waals surface area contributed by atoms with E-state index in [0.29, 0.717) is 170 Å². The maximum absolute atomic E-state index is 12.4. The molecule has 0 unspecified atom stereocenters. The Labute approximate surface area is 364 Å². The van der Waals surface area contributed by atoms with E-state index in [9.17, 15) is 14.4 Å². The van der Waals surface area contributed by atoms with Gasteiger partial charge in [-0.25, -0.2) is 4.79 Å². The molecule has 19 nitrogen and oxygen atoms in total. The molecule has 0 saturated heterocycles. The van der Waals surface area contributed by atoms with Gasteiger partial charge in [-0.05, 0) is 23.8 Å². The van der Waals surface area contributed by atoms with Crippen molar-refractivity contribution >= 4 is 17.8 Å². The molecule has 0 saturated carbocycles. The number of ether oxygens (including phenoxy) is 14. The number of carbonyl (C=O) groups excluding carboxylic acids is 2. The summed E-state index contributed by atoms with van der Waals surface area (Å²) in [6.07, 6.45) is -0.0114. The minimum atomic E-state index is -0.882. The summed E-state index contributed by atoms with van der Waals surface area (Å²) in [7, 11) is 0. The Morgan fingerprint density at radius 2 is 0.839 bits per heavy atom. The second-order valence-electron chi connectivity index (χ2n) is 12.7. The van der Waals surface area contributed by atoms with Gasteiger partial charge in [-0.1, -0.05) is 36.4 Å². The van der Waals surface area contributed by atoms with Gasteiger partial charge in [0, 0.05) is 6.54 Å². The average Bonchev–Trinajstić information content (AvgIpc) is 3.28. The molecular weight excluding hydrogens is 818 g/mol. The van der Waals surface area contributed by atoms with Crippen molar-refractivity contribution in [3.8, 4) is 5.75 Å². The lowest BCUT2D eigenvalue weighted by molar-refractivity contribution is -0.138. The van der Waals surface area contributed by atoms with Gasteiger partial charge in [0.05, 0.1) is 171 Å². The van der Waals surface area contributed by atoms with Gasteiger partial charge in [-0.2, -0.15) is 0 Å². The first-order valence-corrected chi connectivity index (χ1v) is 20.9. The Bertz CT molecular complexity index is 1360. The van der Waals surface area contributed by atoms with Crippen LogP contribution in [0.2, 0.25) is 0 Å². The summed E-state index contributed by atoms with van der Waals surface area (Å²) in [6.45, 7) is 10.6. The summed E-state index contributed by atoms with van der Waals surface area (Å²) < 4.78 is 76.0. The van der Waals surface area contributed by atoms with Gasteiger partial charge in [0.25, 0.3) is 5.91 Å². The van der Waals surface area contributed by atoms with Crippen LogP contribution in [0.1, 0.15) is 22.3 Å². The molecule has 0 aliphatic carbocycles. The minimum Gasteiger partial charge on any atom is -0.484 e. The molecule has 0 fully saturated rings. The standard InChI is InChI=1S/C43H67NO18/c45-41(37-61-40-8-4-7-39(35-40)43(48)62-36-38-5-2-1-3-6-38)44-10-12-50-14-16-52-18-20-54-22-24-56-26-28-58-30-32-60-34-33-59-31-29-57-27-25-55-23-21-53-19-17-51-15-13-49-11-9-42(46)47/h1-8,35H,9-34,36-37H2,(H,44,45)(H,46,47). The van der Waals surface area contributed by atoms with Crippen LogP contribution < -0.4 is 10.1 Å². The predicted octanol–water partition coefficient (Wildman–Crippen LogP) is 2.21. The summed E-state index contributed by atoms with van der Waals surface area (Å²) in [5.41, 5.74) is 1.23. The molecule has 62 heavy (non-hydrogen) atoms. The zero-order valence-electron chi connectivity index (χ0n) is 35.9. The van der Waals surface area contributed by atoms with Crippen LogP contribution in [0.5, 0.6) is 5.75 Å². The van der Waals surface area contributed by atoms with E-state index in [1.54, 1.807) is 24.3 Å².